The molecule has 0 atom stereocenters. The largest absolute Gasteiger partial charge is 0.383 e. The lowest BCUT2D eigenvalue weighted by molar-refractivity contribution is 0.102. The van der Waals surface area contributed by atoms with Crippen molar-refractivity contribution in [1.29, 1.82) is 0 Å². The highest BCUT2D eigenvalue weighted by Gasteiger charge is 2.16. The maximum Gasteiger partial charge on any atom is 0.255 e. The highest BCUT2D eigenvalue weighted by atomic mass is 32.2. The molecule has 0 aliphatic rings. The molecule has 7 heteroatoms. The van der Waals surface area contributed by atoms with Gasteiger partial charge in [-0.05, 0) is 42.3 Å². The maximum atomic E-state index is 12.4. The molecule has 2 N–H and O–H groups in total. The molecule has 0 saturated heterocycles. The number of ether oxygens (including phenoxy) is 1. The van der Waals surface area contributed by atoms with Crippen molar-refractivity contribution in [3.8, 4) is 0 Å². The summed E-state index contributed by atoms with van der Waals surface area (Å²) in [6, 6.07) is 13.5. The van der Waals surface area contributed by atoms with Crippen LogP contribution in [0.5, 0.6) is 0 Å². The molecular weight excluding hydrogens is 340 g/mol. The average Bonchev–Trinajstić information content (AvgIpc) is 2.62. The van der Waals surface area contributed by atoms with E-state index in [1.54, 1.807) is 18.2 Å². The number of amides is 1. The molecule has 0 spiro atoms. The van der Waals surface area contributed by atoms with Crippen LogP contribution in [0, 0.1) is 0 Å². The lowest BCUT2D eigenvalue weighted by Gasteiger charge is -2.09. The van der Waals surface area contributed by atoms with E-state index in [9.17, 15) is 13.2 Å². The number of benzene rings is 2. The molecule has 2 aromatic rings. The van der Waals surface area contributed by atoms with Gasteiger partial charge in [-0.25, -0.2) is 13.1 Å². The topological polar surface area (TPSA) is 84.5 Å². The molecule has 6 nitrogen and oxygen atoms in total. The molecule has 0 bridgehead atoms. The van der Waals surface area contributed by atoms with Gasteiger partial charge in [0.2, 0.25) is 10.0 Å². The minimum atomic E-state index is -3.68. The summed E-state index contributed by atoms with van der Waals surface area (Å²) in [5, 5.41) is 2.79. The Bertz CT molecular complexity index is 834. The zero-order chi connectivity index (χ0) is 18.3. The second kappa shape index (κ2) is 8.75. The zero-order valence-electron chi connectivity index (χ0n) is 14.3. The summed E-state index contributed by atoms with van der Waals surface area (Å²) in [6.07, 6.45) is 0.866. The van der Waals surface area contributed by atoms with Gasteiger partial charge < -0.3 is 10.1 Å². The lowest BCUT2D eigenvalue weighted by Crippen LogP contribution is -2.27. The van der Waals surface area contributed by atoms with Crippen molar-refractivity contribution in [3.63, 3.8) is 0 Å². The van der Waals surface area contributed by atoms with Crippen LogP contribution in [0.1, 0.15) is 22.8 Å². The van der Waals surface area contributed by atoms with E-state index in [2.05, 4.69) is 10.0 Å². The van der Waals surface area contributed by atoms with Crippen LogP contribution in [0.3, 0.4) is 0 Å². The van der Waals surface area contributed by atoms with E-state index in [4.69, 9.17) is 4.74 Å². The normalized spacial score (nSPS) is 11.3. The number of carbonyl (C=O) groups excluding carboxylic acids is 1. The summed E-state index contributed by atoms with van der Waals surface area (Å²) < 4.78 is 31.7. The number of hydrogen-bond acceptors (Lipinski definition) is 4. The molecule has 25 heavy (non-hydrogen) atoms. The fraction of sp³-hybridized carbons (Fsp3) is 0.278. The number of hydrogen-bond donors (Lipinski definition) is 2. The number of carbonyl (C=O) groups is 1. The van der Waals surface area contributed by atoms with E-state index in [0.717, 1.165) is 12.0 Å². The van der Waals surface area contributed by atoms with Crippen LogP contribution < -0.4 is 10.0 Å². The third kappa shape index (κ3) is 5.38. The Labute approximate surface area is 148 Å². The van der Waals surface area contributed by atoms with E-state index in [1.807, 2.05) is 25.1 Å². The Morgan fingerprint density at radius 1 is 1.12 bits per heavy atom. The van der Waals surface area contributed by atoms with Crippen molar-refractivity contribution in [2.24, 2.45) is 0 Å². The molecular formula is C18H22N2O4S. The summed E-state index contributed by atoms with van der Waals surface area (Å²) in [4.78, 5) is 12.4. The fourth-order valence-electron chi connectivity index (χ4n) is 2.24. The van der Waals surface area contributed by atoms with Gasteiger partial charge in [0.15, 0.2) is 0 Å². The minimum Gasteiger partial charge on any atom is -0.383 e. The van der Waals surface area contributed by atoms with Crippen molar-refractivity contribution in [3.05, 3.63) is 59.7 Å². The molecule has 0 heterocycles. The van der Waals surface area contributed by atoms with Gasteiger partial charge in [0.1, 0.15) is 0 Å². The molecule has 1 amide bonds. The van der Waals surface area contributed by atoms with Crippen molar-refractivity contribution in [2.45, 2.75) is 18.2 Å². The highest BCUT2D eigenvalue weighted by Crippen LogP contribution is 2.15. The third-order valence-electron chi connectivity index (χ3n) is 3.60. The number of rotatable bonds is 8. The van der Waals surface area contributed by atoms with Crippen LogP contribution in [0.25, 0.3) is 0 Å². The summed E-state index contributed by atoms with van der Waals surface area (Å²) >= 11 is 0. The molecule has 0 aliphatic carbocycles. The maximum absolute atomic E-state index is 12.4. The zero-order valence-corrected chi connectivity index (χ0v) is 15.1. The smallest absolute Gasteiger partial charge is 0.255 e. The number of nitrogens with one attached hydrogen (secondary N) is 2. The van der Waals surface area contributed by atoms with Crippen LogP contribution in [0.15, 0.2) is 53.4 Å². The second-order valence-corrected chi connectivity index (χ2v) is 7.19. The molecule has 0 fully saturated rings. The first kappa shape index (κ1) is 19.1. The lowest BCUT2D eigenvalue weighted by atomic mass is 10.1. The van der Waals surface area contributed by atoms with E-state index in [-0.39, 0.29) is 29.5 Å². The Morgan fingerprint density at radius 2 is 1.88 bits per heavy atom. The predicted octanol–water partition coefficient (Wildman–Crippen LogP) is 2.43. The Kier molecular flexibility index (Phi) is 6.69. The highest BCUT2D eigenvalue weighted by molar-refractivity contribution is 7.89. The van der Waals surface area contributed by atoms with Gasteiger partial charge in [0, 0.05) is 24.9 Å². The second-order valence-electron chi connectivity index (χ2n) is 5.43. The minimum absolute atomic E-state index is 0.0403. The summed E-state index contributed by atoms with van der Waals surface area (Å²) in [6.45, 7) is 2.47. The third-order valence-corrected chi connectivity index (χ3v) is 5.06. The first-order valence-corrected chi connectivity index (χ1v) is 9.43. The monoisotopic (exact) mass is 362 g/mol. The van der Waals surface area contributed by atoms with E-state index in [0.29, 0.717) is 5.69 Å². The SMILES string of the molecule is CCc1cccc(NC(=O)c2cccc(S(=O)(=O)NCCOC)c2)c1. The van der Waals surface area contributed by atoms with Crippen LogP contribution in [-0.4, -0.2) is 34.6 Å². The van der Waals surface area contributed by atoms with Crippen LogP contribution in [-0.2, 0) is 21.2 Å². The van der Waals surface area contributed by atoms with Gasteiger partial charge >= 0.3 is 0 Å². The van der Waals surface area contributed by atoms with Crippen molar-refractivity contribution in [2.75, 3.05) is 25.6 Å². The Hall–Kier alpha value is -2.22. The van der Waals surface area contributed by atoms with Gasteiger partial charge in [-0.1, -0.05) is 25.1 Å². The molecule has 0 saturated carbocycles. The van der Waals surface area contributed by atoms with E-state index in [1.165, 1.54) is 19.2 Å². The average molecular weight is 362 g/mol. The predicted molar refractivity (Wildman–Crippen MR) is 97.3 cm³/mol. The number of methoxy groups -OCH3 is 1. The van der Waals surface area contributed by atoms with Gasteiger partial charge in [-0.15, -0.1) is 0 Å². The summed E-state index contributed by atoms with van der Waals surface area (Å²) in [5.41, 5.74) is 2.06. The van der Waals surface area contributed by atoms with Gasteiger partial charge in [-0.2, -0.15) is 0 Å². The number of anilines is 1. The van der Waals surface area contributed by atoms with Crippen molar-refractivity contribution < 1.29 is 17.9 Å². The molecule has 2 aromatic carbocycles. The van der Waals surface area contributed by atoms with Gasteiger partial charge in [-0.3, -0.25) is 4.79 Å². The molecule has 0 radical (unpaired) electrons. The number of sulfonamides is 1. The van der Waals surface area contributed by atoms with E-state index >= 15 is 0 Å². The van der Waals surface area contributed by atoms with Crippen LogP contribution >= 0.6 is 0 Å². The van der Waals surface area contributed by atoms with E-state index < -0.39 is 10.0 Å². The summed E-state index contributed by atoms with van der Waals surface area (Å²) in [5.74, 6) is -0.359. The Balaban J connectivity index is 2.15. The standard InChI is InChI=1S/C18H22N2O4S/c1-3-14-6-4-8-16(12-14)20-18(21)15-7-5-9-17(13-15)25(22,23)19-10-11-24-2/h4-9,12-13,19H,3,10-11H2,1-2H3,(H,20,21). The van der Waals surface area contributed by atoms with Crippen LogP contribution in [0.4, 0.5) is 5.69 Å². The Morgan fingerprint density at radius 3 is 2.60 bits per heavy atom. The van der Waals surface area contributed by atoms with Gasteiger partial charge in [0.05, 0.1) is 11.5 Å². The molecule has 134 valence electrons. The fourth-order valence-corrected chi connectivity index (χ4v) is 3.30. The number of aryl methyl sites for hydroxylation is 1. The molecule has 0 unspecified atom stereocenters. The van der Waals surface area contributed by atoms with Crippen LogP contribution in [0.2, 0.25) is 0 Å². The molecule has 0 aromatic heterocycles. The van der Waals surface area contributed by atoms with Crippen molar-refractivity contribution >= 4 is 21.6 Å². The van der Waals surface area contributed by atoms with Gasteiger partial charge in [0.25, 0.3) is 5.91 Å². The van der Waals surface area contributed by atoms with Crippen molar-refractivity contribution in [1.82, 2.24) is 4.72 Å². The first-order chi connectivity index (χ1) is 12.0. The summed E-state index contributed by atoms with van der Waals surface area (Å²) in [7, 11) is -2.19. The molecule has 0 aliphatic heterocycles. The quantitative estimate of drug-likeness (QED) is 0.707. The first-order valence-electron chi connectivity index (χ1n) is 7.95. The molecule has 2 rings (SSSR count).